The molecular weight excluding hydrogens is 424 g/mol. The maximum Gasteiger partial charge on any atom is 0.348 e. The number of ether oxygens (including phenoxy) is 4. The fraction of sp³-hybridized carbons (Fsp3) is 0.381. The van der Waals surface area contributed by atoms with Crippen molar-refractivity contribution in [2.24, 2.45) is 5.73 Å². The second kappa shape index (κ2) is 10.7. The Balaban J connectivity index is 2.50. The molecule has 0 unspecified atom stereocenters. The molecule has 1 aromatic heterocycles. The Hall–Kier alpha value is -3.27. The predicted octanol–water partition coefficient (Wildman–Crippen LogP) is 3.39. The lowest BCUT2D eigenvalue weighted by molar-refractivity contribution is 0.0605. The fourth-order valence-corrected chi connectivity index (χ4v) is 4.01. The number of hydrogen-bond acceptors (Lipinski definition) is 8. The Kier molecular flexibility index (Phi) is 8.26. The Bertz CT molecular complexity index is 957. The molecule has 0 saturated carbocycles. The van der Waals surface area contributed by atoms with Crippen molar-refractivity contribution in [3.63, 3.8) is 0 Å². The van der Waals surface area contributed by atoms with Crippen LogP contribution >= 0.6 is 11.3 Å². The molecule has 1 heterocycles. The summed E-state index contributed by atoms with van der Waals surface area (Å²) in [6.07, 6.45) is 0. The molecule has 3 N–H and O–H groups in total. The number of nitrogens with one attached hydrogen (secondary N) is 1. The van der Waals surface area contributed by atoms with E-state index in [1.54, 1.807) is 6.92 Å². The van der Waals surface area contributed by atoms with Crippen molar-refractivity contribution in [2.75, 3.05) is 32.2 Å². The smallest absolute Gasteiger partial charge is 0.348 e. The van der Waals surface area contributed by atoms with Gasteiger partial charge in [-0.3, -0.25) is 9.59 Å². The first kappa shape index (κ1) is 24.0. The number of amides is 2. The summed E-state index contributed by atoms with van der Waals surface area (Å²) in [6.45, 7) is 8.11. The molecule has 0 saturated heterocycles. The van der Waals surface area contributed by atoms with Gasteiger partial charge < -0.3 is 30.0 Å². The summed E-state index contributed by atoms with van der Waals surface area (Å²) in [5.41, 5.74) is 6.09. The number of anilines is 1. The minimum atomic E-state index is -0.768. The molecule has 0 atom stereocenters. The number of thiophene rings is 1. The van der Waals surface area contributed by atoms with Gasteiger partial charge >= 0.3 is 5.97 Å². The van der Waals surface area contributed by atoms with Gasteiger partial charge in [0.15, 0.2) is 11.5 Å². The van der Waals surface area contributed by atoms with Gasteiger partial charge in [-0.2, -0.15) is 0 Å². The highest BCUT2D eigenvalue weighted by molar-refractivity contribution is 7.18. The third-order valence-electron chi connectivity index (χ3n) is 4.16. The molecule has 0 radical (unpaired) electrons. The van der Waals surface area contributed by atoms with E-state index in [2.05, 4.69) is 5.32 Å². The molecule has 0 aliphatic carbocycles. The number of carbonyl (C=O) groups is 3. The van der Waals surface area contributed by atoms with Gasteiger partial charge in [0.1, 0.15) is 9.88 Å². The molecule has 168 valence electrons. The summed E-state index contributed by atoms with van der Waals surface area (Å²) in [5, 5.41) is 2.81. The average molecular weight is 451 g/mol. The van der Waals surface area contributed by atoms with E-state index in [9.17, 15) is 14.4 Å². The van der Waals surface area contributed by atoms with Crippen molar-refractivity contribution in [1.29, 1.82) is 0 Å². The lowest BCUT2D eigenvalue weighted by Gasteiger charge is -2.17. The Morgan fingerprint density at radius 2 is 1.55 bits per heavy atom. The van der Waals surface area contributed by atoms with Gasteiger partial charge in [0, 0.05) is 5.56 Å². The number of methoxy groups -OCH3 is 1. The molecule has 2 amide bonds. The normalized spacial score (nSPS) is 10.4. The summed E-state index contributed by atoms with van der Waals surface area (Å²) in [6, 6.07) is 3.05. The lowest BCUT2D eigenvalue weighted by atomic mass is 10.1. The average Bonchev–Trinajstić information content (AvgIpc) is 3.05. The number of carbonyl (C=O) groups excluding carboxylic acids is 3. The van der Waals surface area contributed by atoms with Crippen molar-refractivity contribution >= 4 is 34.1 Å². The number of primary amides is 1. The van der Waals surface area contributed by atoms with Crippen molar-refractivity contribution in [3.05, 3.63) is 33.7 Å². The van der Waals surface area contributed by atoms with Crippen LogP contribution in [0.15, 0.2) is 12.1 Å². The molecule has 9 nitrogen and oxygen atoms in total. The number of esters is 1. The van der Waals surface area contributed by atoms with Crippen LogP contribution in [-0.2, 0) is 4.74 Å². The van der Waals surface area contributed by atoms with E-state index in [-0.39, 0.29) is 21.0 Å². The van der Waals surface area contributed by atoms with Crippen LogP contribution in [-0.4, -0.2) is 44.7 Å². The second-order valence-electron chi connectivity index (χ2n) is 6.17. The Morgan fingerprint density at radius 1 is 1.00 bits per heavy atom. The van der Waals surface area contributed by atoms with Gasteiger partial charge in [-0.05, 0) is 45.4 Å². The summed E-state index contributed by atoms with van der Waals surface area (Å²) in [4.78, 5) is 37.1. The molecule has 0 aliphatic heterocycles. The monoisotopic (exact) mass is 450 g/mol. The summed E-state index contributed by atoms with van der Waals surface area (Å²) in [5.74, 6) is -0.813. The van der Waals surface area contributed by atoms with Crippen LogP contribution in [0.1, 0.15) is 56.7 Å². The topological polar surface area (TPSA) is 126 Å². The molecule has 0 aliphatic rings. The zero-order valence-electron chi connectivity index (χ0n) is 18.1. The van der Waals surface area contributed by atoms with Crippen LogP contribution < -0.4 is 25.3 Å². The maximum absolute atomic E-state index is 13.0. The van der Waals surface area contributed by atoms with Crippen LogP contribution in [0.4, 0.5) is 5.00 Å². The first-order valence-corrected chi connectivity index (χ1v) is 10.5. The van der Waals surface area contributed by atoms with Gasteiger partial charge in [0.25, 0.3) is 11.8 Å². The summed E-state index contributed by atoms with van der Waals surface area (Å²) in [7, 11) is 1.23. The molecule has 0 fully saturated rings. The SMILES string of the molecule is CCOc1cc(C(=O)Nc2sc(C(=O)OC)c(C)c2C(N)=O)cc(OCC)c1OCC. The summed E-state index contributed by atoms with van der Waals surface area (Å²) < 4.78 is 21.6. The largest absolute Gasteiger partial charge is 0.490 e. The van der Waals surface area contributed by atoms with Gasteiger partial charge in [0.2, 0.25) is 5.75 Å². The molecule has 0 spiro atoms. The fourth-order valence-electron chi connectivity index (χ4n) is 2.88. The predicted molar refractivity (Wildman–Crippen MR) is 117 cm³/mol. The van der Waals surface area contributed by atoms with Gasteiger partial charge in [-0.15, -0.1) is 11.3 Å². The van der Waals surface area contributed by atoms with E-state index in [0.29, 0.717) is 42.6 Å². The van der Waals surface area contributed by atoms with E-state index in [1.807, 2.05) is 20.8 Å². The van der Waals surface area contributed by atoms with Crippen LogP contribution in [0.2, 0.25) is 0 Å². The molecule has 2 aromatic rings. The Labute approximate surface area is 184 Å². The first-order chi connectivity index (χ1) is 14.8. The zero-order valence-corrected chi connectivity index (χ0v) is 18.9. The van der Waals surface area contributed by atoms with Gasteiger partial charge in [0.05, 0.1) is 32.5 Å². The Morgan fingerprint density at radius 3 is 2.00 bits per heavy atom. The van der Waals surface area contributed by atoms with E-state index < -0.39 is 17.8 Å². The highest BCUT2D eigenvalue weighted by Crippen LogP contribution is 2.40. The van der Waals surface area contributed by atoms with Crippen molar-refractivity contribution in [3.8, 4) is 17.2 Å². The molecular formula is C21H26N2O7S. The molecule has 2 rings (SSSR count). The van der Waals surface area contributed by atoms with Crippen LogP contribution in [0, 0.1) is 6.92 Å². The van der Waals surface area contributed by atoms with Crippen LogP contribution in [0.5, 0.6) is 17.2 Å². The number of nitrogens with two attached hydrogens (primary N) is 1. The minimum Gasteiger partial charge on any atom is -0.490 e. The van der Waals surface area contributed by atoms with Crippen molar-refractivity contribution in [2.45, 2.75) is 27.7 Å². The van der Waals surface area contributed by atoms with Gasteiger partial charge in [-0.25, -0.2) is 4.79 Å². The first-order valence-electron chi connectivity index (χ1n) is 9.68. The molecule has 0 bridgehead atoms. The van der Waals surface area contributed by atoms with Crippen molar-refractivity contribution in [1.82, 2.24) is 0 Å². The van der Waals surface area contributed by atoms with E-state index >= 15 is 0 Å². The van der Waals surface area contributed by atoms with E-state index in [1.165, 1.54) is 19.2 Å². The van der Waals surface area contributed by atoms with E-state index in [0.717, 1.165) is 11.3 Å². The maximum atomic E-state index is 13.0. The highest BCUT2D eigenvalue weighted by atomic mass is 32.1. The third kappa shape index (κ3) is 5.26. The number of rotatable bonds is 10. The molecule has 31 heavy (non-hydrogen) atoms. The van der Waals surface area contributed by atoms with Crippen LogP contribution in [0.25, 0.3) is 0 Å². The quantitative estimate of drug-likeness (QED) is 0.531. The second-order valence-corrected chi connectivity index (χ2v) is 7.19. The van der Waals surface area contributed by atoms with Crippen molar-refractivity contribution < 1.29 is 33.3 Å². The molecule has 10 heteroatoms. The lowest BCUT2D eigenvalue weighted by Crippen LogP contribution is -2.18. The van der Waals surface area contributed by atoms with Gasteiger partial charge in [-0.1, -0.05) is 0 Å². The highest BCUT2D eigenvalue weighted by Gasteiger charge is 2.26. The number of hydrogen-bond donors (Lipinski definition) is 2. The number of benzene rings is 1. The standard InChI is InChI=1S/C21H26N2O7S/c1-6-28-13-9-12(10-14(29-7-2)16(13)30-8-3)19(25)23-20-15(18(22)24)11(4)17(31-20)21(26)27-5/h9-10H,6-8H2,1-5H3,(H2,22,24)(H,23,25). The molecule has 1 aromatic carbocycles. The zero-order chi connectivity index (χ0) is 23.1. The third-order valence-corrected chi connectivity index (χ3v) is 5.35. The van der Waals surface area contributed by atoms with E-state index in [4.69, 9.17) is 24.7 Å². The summed E-state index contributed by atoms with van der Waals surface area (Å²) >= 11 is 0.916. The minimum absolute atomic E-state index is 0.0553. The van der Waals surface area contributed by atoms with Crippen LogP contribution in [0.3, 0.4) is 0 Å².